The Balaban J connectivity index is 2.12. The Labute approximate surface area is 112 Å². The molecule has 2 aromatic rings. The summed E-state index contributed by atoms with van der Waals surface area (Å²) in [7, 11) is 0. The molecule has 18 heavy (non-hydrogen) atoms. The highest BCUT2D eigenvalue weighted by Crippen LogP contribution is 2.29. The van der Waals surface area contributed by atoms with Crippen molar-refractivity contribution in [2.75, 3.05) is 11.9 Å². The van der Waals surface area contributed by atoms with Crippen molar-refractivity contribution < 1.29 is 0 Å². The number of hydrogen-bond donors (Lipinski definition) is 1. The van der Waals surface area contributed by atoms with Gasteiger partial charge in [0.15, 0.2) is 0 Å². The molecular weight excluding hydrogens is 242 g/mol. The number of anilines is 1. The zero-order chi connectivity index (χ0) is 12.8. The molecule has 0 aliphatic rings. The Morgan fingerprint density at radius 1 is 1.22 bits per heavy atom. The highest BCUT2D eigenvalue weighted by Gasteiger charge is 2.03. The number of aryl methyl sites for hydroxylation is 1. The van der Waals surface area contributed by atoms with Crippen LogP contribution < -0.4 is 5.32 Å². The average Bonchev–Trinajstić information content (AvgIpc) is 2.40. The molecule has 0 fully saturated rings. The van der Waals surface area contributed by atoms with Crippen LogP contribution in [-0.4, -0.2) is 16.5 Å². The first-order valence-electron chi connectivity index (χ1n) is 6.09. The zero-order valence-corrected chi connectivity index (χ0v) is 11.5. The monoisotopic (exact) mass is 259 g/mol. The molecule has 0 spiro atoms. The van der Waals surface area contributed by atoms with Gasteiger partial charge in [-0.25, -0.2) is 9.97 Å². The van der Waals surface area contributed by atoms with Gasteiger partial charge >= 0.3 is 0 Å². The van der Waals surface area contributed by atoms with E-state index in [0.717, 1.165) is 23.8 Å². The molecule has 0 saturated carbocycles. The van der Waals surface area contributed by atoms with Gasteiger partial charge in [0.25, 0.3) is 0 Å². The molecule has 0 aliphatic carbocycles. The van der Waals surface area contributed by atoms with E-state index in [9.17, 15) is 0 Å². The van der Waals surface area contributed by atoms with E-state index in [1.807, 2.05) is 18.2 Å². The normalized spacial score (nSPS) is 10.3. The molecule has 0 bridgehead atoms. The second kappa shape index (κ2) is 6.40. The SMILES string of the molecule is CCCNc1cc(Sc2ccccc2C)ncn1. The van der Waals surface area contributed by atoms with Crippen molar-refractivity contribution in [2.45, 2.75) is 30.2 Å². The molecule has 1 aromatic carbocycles. The molecule has 0 amide bonds. The Kier molecular flexibility index (Phi) is 4.59. The molecule has 1 N–H and O–H groups in total. The number of aromatic nitrogens is 2. The van der Waals surface area contributed by atoms with Gasteiger partial charge in [-0.3, -0.25) is 0 Å². The maximum absolute atomic E-state index is 4.30. The van der Waals surface area contributed by atoms with Crippen LogP contribution in [0.5, 0.6) is 0 Å². The van der Waals surface area contributed by atoms with Crippen molar-refractivity contribution in [3.63, 3.8) is 0 Å². The number of benzene rings is 1. The summed E-state index contributed by atoms with van der Waals surface area (Å²) in [5, 5.41) is 4.24. The van der Waals surface area contributed by atoms with E-state index in [-0.39, 0.29) is 0 Å². The van der Waals surface area contributed by atoms with Crippen molar-refractivity contribution >= 4 is 17.6 Å². The highest BCUT2D eigenvalue weighted by atomic mass is 32.2. The van der Waals surface area contributed by atoms with Gasteiger partial charge in [-0.15, -0.1) is 0 Å². The number of hydrogen-bond acceptors (Lipinski definition) is 4. The first-order valence-corrected chi connectivity index (χ1v) is 6.90. The summed E-state index contributed by atoms with van der Waals surface area (Å²) in [6.07, 6.45) is 2.70. The van der Waals surface area contributed by atoms with Gasteiger partial charge in [0.1, 0.15) is 17.2 Å². The van der Waals surface area contributed by atoms with Crippen LogP contribution in [0.2, 0.25) is 0 Å². The Morgan fingerprint density at radius 2 is 2.06 bits per heavy atom. The summed E-state index contributed by atoms with van der Waals surface area (Å²) >= 11 is 1.67. The predicted molar refractivity (Wildman–Crippen MR) is 76.1 cm³/mol. The lowest BCUT2D eigenvalue weighted by molar-refractivity contribution is 0.953. The molecule has 0 aliphatic heterocycles. The maximum Gasteiger partial charge on any atom is 0.130 e. The summed E-state index contributed by atoms with van der Waals surface area (Å²) in [4.78, 5) is 9.74. The maximum atomic E-state index is 4.30. The molecule has 1 aromatic heterocycles. The fraction of sp³-hybridized carbons (Fsp3) is 0.286. The number of nitrogens with one attached hydrogen (secondary N) is 1. The molecule has 1 heterocycles. The van der Waals surface area contributed by atoms with Crippen LogP contribution in [0.1, 0.15) is 18.9 Å². The third-order valence-electron chi connectivity index (χ3n) is 2.51. The molecule has 94 valence electrons. The first-order chi connectivity index (χ1) is 8.79. The van der Waals surface area contributed by atoms with Crippen molar-refractivity contribution in [1.82, 2.24) is 9.97 Å². The van der Waals surface area contributed by atoms with Crippen LogP contribution >= 0.6 is 11.8 Å². The lowest BCUT2D eigenvalue weighted by atomic mass is 10.2. The van der Waals surface area contributed by atoms with Crippen molar-refractivity contribution in [3.8, 4) is 0 Å². The summed E-state index contributed by atoms with van der Waals surface area (Å²) in [6.45, 7) is 5.18. The fourth-order valence-electron chi connectivity index (χ4n) is 1.53. The van der Waals surface area contributed by atoms with Crippen molar-refractivity contribution in [2.24, 2.45) is 0 Å². The second-order valence-corrected chi connectivity index (χ2v) is 5.10. The van der Waals surface area contributed by atoms with Gasteiger partial charge in [-0.1, -0.05) is 36.9 Å². The van der Waals surface area contributed by atoms with Crippen LogP contribution in [-0.2, 0) is 0 Å². The highest BCUT2D eigenvalue weighted by molar-refractivity contribution is 7.99. The molecule has 2 rings (SSSR count). The molecule has 0 unspecified atom stereocenters. The van der Waals surface area contributed by atoms with Gasteiger partial charge < -0.3 is 5.32 Å². The van der Waals surface area contributed by atoms with Gasteiger partial charge in [0.2, 0.25) is 0 Å². The molecule has 4 heteroatoms. The topological polar surface area (TPSA) is 37.8 Å². The number of nitrogens with zero attached hydrogens (tertiary/aromatic N) is 2. The largest absolute Gasteiger partial charge is 0.370 e. The van der Waals surface area contributed by atoms with E-state index < -0.39 is 0 Å². The first kappa shape index (κ1) is 12.9. The summed E-state index contributed by atoms with van der Waals surface area (Å²) < 4.78 is 0. The van der Waals surface area contributed by atoms with E-state index >= 15 is 0 Å². The van der Waals surface area contributed by atoms with Crippen molar-refractivity contribution in [1.29, 1.82) is 0 Å². The summed E-state index contributed by atoms with van der Waals surface area (Å²) in [6, 6.07) is 10.3. The predicted octanol–water partition coefficient (Wildman–Crippen LogP) is 3.76. The van der Waals surface area contributed by atoms with Crippen LogP contribution in [0.15, 0.2) is 46.6 Å². The van der Waals surface area contributed by atoms with E-state index in [4.69, 9.17) is 0 Å². The third-order valence-corrected chi connectivity index (χ3v) is 3.62. The van der Waals surface area contributed by atoms with E-state index in [0.29, 0.717) is 0 Å². The number of rotatable bonds is 5. The van der Waals surface area contributed by atoms with Crippen LogP contribution in [0.25, 0.3) is 0 Å². The van der Waals surface area contributed by atoms with Crippen LogP contribution in [0.4, 0.5) is 5.82 Å². The zero-order valence-electron chi connectivity index (χ0n) is 10.7. The molecule has 0 saturated heterocycles. The molecular formula is C14H17N3S. The summed E-state index contributed by atoms with van der Waals surface area (Å²) in [5.41, 5.74) is 1.27. The lowest BCUT2D eigenvalue weighted by Gasteiger charge is -2.06. The van der Waals surface area contributed by atoms with E-state index in [1.165, 1.54) is 10.5 Å². The van der Waals surface area contributed by atoms with Gasteiger partial charge in [0.05, 0.1) is 0 Å². The smallest absolute Gasteiger partial charge is 0.130 e. The lowest BCUT2D eigenvalue weighted by Crippen LogP contribution is -2.02. The molecule has 0 atom stereocenters. The van der Waals surface area contributed by atoms with Crippen LogP contribution in [0.3, 0.4) is 0 Å². The standard InChI is InChI=1S/C14H17N3S/c1-3-8-15-13-9-14(17-10-16-13)18-12-7-5-4-6-11(12)2/h4-7,9-10H,3,8H2,1-2H3,(H,15,16,17). The van der Waals surface area contributed by atoms with Crippen LogP contribution in [0, 0.1) is 6.92 Å². The van der Waals surface area contributed by atoms with Gasteiger partial charge in [-0.05, 0) is 25.0 Å². The van der Waals surface area contributed by atoms with Gasteiger partial charge in [0, 0.05) is 17.5 Å². The van der Waals surface area contributed by atoms with Crippen molar-refractivity contribution in [3.05, 3.63) is 42.2 Å². The third kappa shape index (κ3) is 3.47. The minimum absolute atomic E-state index is 0.892. The Hall–Kier alpha value is -1.55. The average molecular weight is 259 g/mol. The van der Waals surface area contributed by atoms with E-state index in [1.54, 1.807) is 18.1 Å². The van der Waals surface area contributed by atoms with E-state index in [2.05, 4.69) is 41.3 Å². The van der Waals surface area contributed by atoms with Gasteiger partial charge in [-0.2, -0.15) is 0 Å². The second-order valence-electron chi connectivity index (χ2n) is 4.04. The fourth-order valence-corrected chi connectivity index (χ4v) is 2.40. The minimum atomic E-state index is 0.892. The minimum Gasteiger partial charge on any atom is -0.370 e. The molecule has 3 nitrogen and oxygen atoms in total. The Bertz CT molecular complexity index is 514. The quantitative estimate of drug-likeness (QED) is 0.830. The molecule has 0 radical (unpaired) electrons. The summed E-state index contributed by atoms with van der Waals surface area (Å²) in [5.74, 6) is 0.892. The Morgan fingerprint density at radius 3 is 2.83 bits per heavy atom.